The fraction of sp³-hybridized carbons (Fsp3) is 0.412. The molecule has 0 radical (unpaired) electrons. The van der Waals surface area contributed by atoms with Crippen LogP contribution in [0.4, 0.5) is 19.1 Å². The number of hydrogen-bond donors (Lipinski definition) is 1. The molecule has 1 aliphatic carbocycles. The number of nitrogens with one attached hydrogen (secondary N) is 1. The minimum atomic E-state index is -4.51. The highest BCUT2D eigenvalue weighted by Crippen LogP contribution is 2.30. The van der Waals surface area contributed by atoms with Gasteiger partial charge in [0.05, 0.1) is 6.04 Å². The molecule has 0 aliphatic heterocycles. The van der Waals surface area contributed by atoms with E-state index < -0.39 is 11.9 Å². The number of rotatable bonds is 4. The zero-order valence-corrected chi connectivity index (χ0v) is 15.1. The molecule has 0 aromatic carbocycles. The molecule has 9 nitrogen and oxygen atoms in total. The van der Waals surface area contributed by atoms with Gasteiger partial charge in [-0.1, -0.05) is 0 Å². The van der Waals surface area contributed by atoms with Crippen LogP contribution < -0.4 is 10.9 Å². The second kappa shape index (κ2) is 7.60. The van der Waals surface area contributed by atoms with Crippen molar-refractivity contribution in [1.29, 1.82) is 0 Å². The molecule has 1 saturated carbocycles. The summed E-state index contributed by atoms with van der Waals surface area (Å²) in [4.78, 5) is 23.5. The standard InChI is InChI=1S/C17H17F3N8O/c18-17(19,20)13-7-8-22-16(25-13)24-11-1-3-12(4-2-11)28-15(29)6-5-14(26-28)27-10-21-9-23-27/h5-12H,1-4H2,(H,22,24,25). The molecule has 3 aromatic heterocycles. The van der Waals surface area contributed by atoms with E-state index in [1.54, 1.807) is 6.07 Å². The van der Waals surface area contributed by atoms with Gasteiger partial charge in [0.2, 0.25) is 5.95 Å². The third kappa shape index (κ3) is 4.25. The molecule has 4 rings (SSSR count). The minimum absolute atomic E-state index is 0.0493. The van der Waals surface area contributed by atoms with Crippen molar-refractivity contribution in [3.8, 4) is 5.82 Å². The van der Waals surface area contributed by atoms with Crippen LogP contribution in [0.5, 0.6) is 0 Å². The topological polar surface area (TPSA) is 103 Å². The van der Waals surface area contributed by atoms with Gasteiger partial charge in [0.25, 0.3) is 5.56 Å². The molecule has 0 saturated heterocycles. The van der Waals surface area contributed by atoms with Crippen LogP contribution in [-0.2, 0) is 6.18 Å². The largest absolute Gasteiger partial charge is 0.433 e. The van der Waals surface area contributed by atoms with Crippen molar-refractivity contribution in [2.75, 3.05) is 5.32 Å². The summed E-state index contributed by atoms with van der Waals surface area (Å²) in [5, 5.41) is 11.4. The third-order valence-corrected chi connectivity index (χ3v) is 4.79. The van der Waals surface area contributed by atoms with Crippen LogP contribution in [0.25, 0.3) is 5.82 Å². The van der Waals surface area contributed by atoms with Crippen molar-refractivity contribution >= 4 is 5.95 Å². The average molecular weight is 406 g/mol. The molecule has 1 aliphatic rings. The second-order valence-corrected chi connectivity index (χ2v) is 6.73. The van der Waals surface area contributed by atoms with Crippen molar-refractivity contribution in [1.82, 2.24) is 34.5 Å². The molecule has 0 bridgehead atoms. The summed E-state index contributed by atoms with van der Waals surface area (Å²) in [6.07, 6.45) is 2.02. The minimum Gasteiger partial charge on any atom is -0.351 e. The van der Waals surface area contributed by atoms with Gasteiger partial charge in [-0.05, 0) is 37.8 Å². The molecule has 12 heteroatoms. The molecule has 0 spiro atoms. The molecule has 152 valence electrons. The Kier molecular flexibility index (Phi) is 4.99. The van der Waals surface area contributed by atoms with Crippen LogP contribution in [0.2, 0.25) is 0 Å². The Bertz CT molecular complexity index is 1030. The lowest BCUT2D eigenvalue weighted by Gasteiger charge is -2.29. The molecule has 0 amide bonds. The first kappa shape index (κ1) is 19.0. The fourth-order valence-corrected chi connectivity index (χ4v) is 3.36. The highest BCUT2D eigenvalue weighted by molar-refractivity contribution is 5.28. The number of hydrogen-bond acceptors (Lipinski definition) is 7. The second-order valence-electron chi connectivity index (χ2n) is 6.73. The van der Waals surface area contributed by atoms with Crippen molar-refractivity contribution in [2.45, 2.75) is 43.9 Å². The van der Waals surface area contributed by atoms with E-state index in [2.05, 4.69) is 30.5 Å². The first-order chi connectivity index (χ1) is 13.9. The van der Waals surface area contributed by atoms with Gasteiger partial charge in [-0.15, -0.1) is 5.10 Å². The van der Waals surface area contributed by atoms with Gasteiger partial charge in [0.15, 0.2) is 5.82 Å². The van der Waals surface area contributed by atoms with Crippen LogP contribution in [0, 0.1) is 0 Å². The van der Waals surface area contributed by atoms with Crippen molar-refractivity contribution in [3.05, 3.63) is 53.1 Å². The zero-order valence-electron chi connectivity index (χ0n) is 15.1. The van der Waals surface area contributed by atoms with E-state index in [-0.39, 0.29) is 23.6 Å². The van der Waals surface area contributed by atoms with Crippen LogP contribution in [0.15, 0.2) is 41.8 Å². The maximum absolute atomic E-state index is 12.8. The number of halogens is 3. The summed E-state index contributed by atoms with van der Waals surface area (Å²) in [6.45, 7) is 0. The van der Waals surface area contributed by atoms with E-state index in [1.165, 1.54) is 28.1 Å². The average Bonchev–Trinajstić information content (AvgIpc) is 3.24. The quantitative estimate of drug-likeness (QED) is 0.709. The fourth-order valence-electron chi connectivity index (χ4n) is 3.36. The van der Waals surface area contributed by atoms with Gasteiger partial charge in [-0.2, -0.15) is 18.3 Å². The summed E-state index contributed by atoms with van der Waals surface area (Å²) < 4.78 is 41.3. The molecular formula is C17H17F3N8O. The van der Waals surface area contributed by atoms with Crippen LogP contribution in [0.3, 0.4) is 0 Å². The van der Waals surface area contributed by atoms with E-state index in [0.717, 1.165) is 12.3 Å². The maximum Gasteiger partial charge on any atom is 0.433 e. The van der Waals surface area contributed by atoms with Gasteiger partial charge in [-0.25, -0.2) is 24.3 Å². The SMILES string of the molecule is O=c1ccc(-n2cncn2)nn1C1CCC(Nc2nccc(C(F)(F)F)n2)CC1. The summed E-state index contributed by atoms with van der Waals surface area (Å²) in [5.41, 5.74) is -1.20. The molecule has 29 heavy (non-hydrogen) atoms. The number of alkyl halides is 3. The highest BCUT2D eigenvalue weighted by atomic mass is 19.4. The van der Waals surface area contributed by atoms with E-state index in [1.807, 2.05) is 0 Å². The van der Waals surface area contributed by atoms with Gasteiger partial charge in [0.1, 0.15) is 18.3 Å². The van der Waals surface area contributed by atoms with Gasteiger partial charge < -0.3 is 5.32 Å². The predicted octanol–water partition coefficient (Wildman–Crippen LogP) is 2.23. The molecular weight excluding hydrogens is 389 g/mol. The lowest BCUT2D eigenvalue weighted by molar-refractivity contribution is -0.141. The normalized spacial score (nSPS) is 19.8. The van der Waals surface area contributed by atoms with Gasteiger partial charge in [-0.3, -0.25) is 4.79 Å². The van der Waals surface area contributed by atoms with Crippen molar-refractivity contribution in [3.63, 3.8) is 0 Å². The summed E-state index contributed by atoms with van der Waals surface area (Å²) >= 11 is 0. The van der Waals surface area contributed by atoms with Crippen molar-refractivity contribution < 1.29 is 13.2 Å². The lowest BCUT2D eigenvalue weighted by atomic mass is 9.91. The third-order valence-electron chi connectivity index (χ3n) is 4.79. The Balaban J connectivity index is 1.43. The molecule has 1 fully saturated rings. The number of nitrogens with zero attached hydrogens (tertiary/aromatic N) is 7. The number of anilines is 1. The van der Waals surface area contributed by atoms with Crippen LogP contribution >= 0.6 is 0 Å². The Morgan fingerprint density at radius 2 is 1.90 bits per heavy atom. The van der Waals surface area contributed by atoms with E-state index in [0.29, 0.717) is 31.5 Å². The Morgan fingerprint density at radius 3 is 2.59 bits per heavy atom. The Hall–Kier alpha value is -3.31. The predicted molar refractivity (Wildman–Crippen MR) is 95.4 cm³/mol. The molecule has 0 unspecified atom stereocenters. The van der Waals surface area contributed by atoms with Gasteiger partial charge in [0, 0.05) is 18.3 Å². The first-order valence-electron chi connectivity index (χ1n) is 9.02. The summed E-state index contributed by atoms with van der Waals surface area (Å²) in [5.74, 6) is 0.437. The highest BCUT2D eigenvalue weighted by Gasteiger charge is 2.33. The van der Waals surface area contributed by atoms with Crippen LogP contribution in [0.1, 0.15) is 37.4 Å². The van der Waals surface area contributed by atoms with Crippen molar-refractivity contribution in [2.24, 2.45) is 0 Å². The number of aromatic nitrogens is 7. The van der Waals surface area contributed by atoms with E-state index in [9.17, 15) is 18.0 Å². The smallest absolute Gasteiger partial charge is 0.351 e. The Labute approximate surface area is 162 Å². The molecule has 1 N–H and O–H groups in total. The lowest BCUT2D eigenvalue weighted by Crippen LogP contribution is -2.34. The van der Waals surface area contributed by atoms with Crippen LogP contribution in [-0.4, -0.2) is 40.6 Å². The molecule has 0 atom stereocenters. The molecule has 3 heterocycles. The first-order valence-corrected chi connectivity index (χ1v) is 9.02. The van der Waals surface area contributed by atoms with E-state index in [4.69, 9.17) is 0 Å². The maximum atomic E-state index is 12.8. The van der Waals surface area contributed by atoms with Gasteiger partial charge >= 0.3 is 6.18 Å². The Morgan fingerprint density at radius 1 is 1.10 bits per heavy atom. The molecule has 3 aromatic rings. The summed E-state index contributed by atoms with van der Waals surface area (Å²) in [7, 11) is 0. The zero-order chi connectivity index (χ0) is 20.4. The summed E-state index contributed by atoms with van der Waals surface area (Å²) in [6, 6.07) is 3.66. The van der Waals surface area contributed by atoms with E-state index >= 15 is 0 Å². The monoisotopic (exact) mass is 406 g/mol.